The second-order valence-corrected chi connectivity index (χ2v) is 5.43. The summed E-state index contributed by atoms with van der Waals surface area (Å²) in [5.74, 6) is 0.669. The van der Waals surface area contributed by atoms with Crippen molar-refractivity contribution in [3.63, 3.8) is 0 Å². The van der Waals surface area contributed by atoms with Crippen molar-refractivity contribution in [2.24, 2.45) is 0 Å². The first kappa shape index (κ1) is 13.0. The van der Waals surface area contributed by atoms with Gasteiger partial charge in [0.15, 0.2) is 0 Å². The number of benzene rings is 1. The monoisotopic (exact) mass is 237 g/mol. The van der Waals surface area contributed by atoms with E-state index in [1.165, 1.54) is 11.1 Å². The predicted octanol–water partition coefficient (Wildman–Crippen LogP) is 2.81. The van der Waals surface area contributed by atoms with Crippen LogP contribution in [-0.4, -0.2) is 22.8 Å². The lowest BCUT2D eigenvalue weighted by Crippen LogP contribution is -2.07. The van der Waals surface area contributed by atoms with E-state index in [4.69, 9.17) is 0 Å². The van der Waals surface area contributed by atoms with Crippen LogP contribution in [0.15, 0.2) is 41.5 Å². The molecule has 1 N–H and O–H groups in total. The van der Waals surface area contributed by atoms with Gasteiger partial charge in [0, 0.05) is 35.0 Å². The van der Waals surface area contributed by atoms with Gasteiger partial charge in [-0.3, -0.25) is 4.21 Å². The van der Waals surface area contributed by atoms with Gasteiger partial charge in [0.1, 0.15) is 0 Å². The maximum atomic E-state index is 11.1. The largest absolute Gasteiger partial charge is 0.381 e. The Morgan fingerprint density at radius 3 is 2.38 bits per heavy atom. The van der Waals surface area contributed by atoms with Crippen LogP contribution in [0.4, 0.5) is 5.69 Å². The summed E-state index contributed by atoms with van der Waals surface area (Å²) in [6.45, 7) is 4.94. The van der Waals surface area contributed by atoms with E-state index >= 15 is 0 Å². The zero-order valence-electron chi connectivity index (χ0n) is 10.1. The van der Waals surface area contributed by atoms with Crippen LogP contribution in [0.1, 0.15) is 13.8 Å². The first-order valence-electron chi connectivity index (χ1n) is 5.33. The van der Waals surface area contributed by atoms with Crippen LogP contribution >= 0.6 is 0 Å². The summed E-state index contributed by atoms with van der Waals surface area (Å²) >= 11 is 0. The zero-order valence-corrected chi connectivity index (χ0v) is 10.9. The van der Waals surface area contributed by atoms with E-state index in [-0.39, 0.29) is 0 Å². The van der Waals surface area contributed by atoms with E-state index in [2.05, 4.69) is 12.2 Å². The topological polar surface area (TPSA) is 29.1 Å². The van der Waals surface area contributed by atoms with E-state index in [0.29, 0.717) is 5.75 Å². The van der Waals surface area contributed by atoms with E-state index in [9.17, 15) is 4.21 Å². The molecule has 0 fully saturated rings. The third-order valence-electron chi connectivity index (χ3n) is 2.48. The molecule has 0 aromatic heterocycles. The second kappa shape index (κ2) is 6.48. The Kier molecular flexibility index (Phi) is 5.26. The van der Waals surface area contributed by atoms with Crippen LogP contribution < -0.4 is 5.32 Å². The van der Waals surface area contributed by atoms with Crippen molar-refractivity contribution in [2.45, 2.75) is 13.8 Å². The van der Waals surface area contributed by atoms with Crippen molar-refractivity contribution >= 4 is 16.5 Å². The number of anilines is 1. The Balaban J connectivity index is 2.52. The SMILES string of the molecule is C/C(CNc1ccccc1)=C(\C)CS(C)=O. The van der Waals surface area contributed by atoms with Crippen LogP contribution in [0.3, 0.4) is 0 Å². The highest BCUT2D eigenvalue weighted by Crippen LogP contribution is 2.09. The normalized spacial score (nSPS) is 14.2. The molecule has 0 saturated heterocycles. The van der Waals surface area contributed by atoms with Crippen LogP contribution in [0, 0.1) is 0 Å². The Bertz CT molecular complexity index is 384. The van der Waals surface area contributed by atoms with Crippen molar-refractivity contribution < 1.29 is 4.21 Å². The van der Waals surface area contributed by atoms with Gasteiger partial charge in [0.25, 0.3) is 0 Å². The minimum absolute atomic E-state index is 0.669. The van der Waals surface area contributed by atoms with E-state index in [1.807, 2.05) is 37.3 Å². The van der Waals surface area contributed by atoms with Gasteiger partial charge < -0.3 is 5.32 Å². The summed E-state index contributed by atoms with van der Waals surface area (Å²) in [7, 11) is -0.750. The molecule has 0 amide bonds. The third-order valence-corrected chi connectivity index (χ3v) is 3.32. The van der Waals surface area contributed by atoms with Gasteiger partial charge in [-0.1, -0.05) is 29.3 Å². The minimum atomic E-state index is -0.750. The number of nitrogens with one attached hydrogen (secondary N) is 1. The van der Waals surface area contributed by atoms with Gasteiger partial charge in [-0.15, -0.1) is 0 Å². The van der Waals surface area contributed by atoms with Gasteiger partial charge in [0.05, 0.1) is 0 Å². The highest BCUT2D eigenvalue weighted by Gasteiger charge is 1.99. The highest BCUT2D eigenvalue weighted by atomic mass is 32.2. The lowest BCUT2D eigenvalue weighted by molar-refractivity contribution is 0.688. The molecule has 1 atom stereocenters. The Morgan fingerprint density at radius 2 is 1.81 bits per heavy atom. The summed E-state index contributed by atoms with van der Waals surface area (Å²) in [4.78, 5) is 0. The van der Waals surface area contributed by atoms with Gasteiger partial charge in [-0.25, -0.2) is 0 Å². The number of rotatable bonds is 5. The van der Waals surface area contributed by atoms with Crippen LogP contribution in [0.2, 0.25) is 0 Å². The lowest BCUT2D eigenvalue weighted by Gasteiger charge is -2.09. The molecule has 3 heteroatoms. The summed E-state index contributed by atoms with van der Waals surface area (Å²) in [5, 5.41) is 3.34. The smallest absolute Gasteiger partial charge is 0.0442 e. The molecule has 1 unspecified atom stereocenters. The molecule has 1 rings (SSSR count). The van der Waals surface area contributed by atoms with Gasteiger partial charge in [-0.2, -0.15) is 0 Å². The van der Waals surface area contributed by atoms with Crippen LogP contribution in [-0.2, 0) is 10.8 Å². The maximum Gasteiger partial charge on any atom is 0.0442 e. The van der Waals surface area contributed by atoms with E-state index < -0.39 is 10.8 Å². The highest BCUT2D eigenvalue weighted by molar-refractivity contribution is 7.84. The van der Waals surface area contributed by atoms with Gasteiger partial charge in [0.2, 0.25) is 0 Å². The quantitative estimate of drug-likeness (QED) is 0.798. The molecule has 0 bridgehead atoms. The fourth-order valence-corrected chi connectivity index (χ4v) is 2.23. The van der Waals surface area contributed by atoms with Gasteiger partial charge >= 0.3 is 0 Å². The van der Waals surface area contributed by atoms with Crippen molar-refractivity contribution in [2.75, 3.05) is 23.9 Å². The number of para-hydroxylation sites is 1. The molecular weight excluding hydrogens is 218 g/mol. The summed E-state index contributed by atoms with van der Waals surface area (Å²) in [6, 6.07) is 10.1. The molecule has 0 aliphatic carbocycles. The predicted molar refractivity (Wildman–Crippen MR) is 72.2 cm³/mol. The molecule has 2 nitrogen and oxygen atoms in total. The first-order chi connectivity index (χ1) is 7.59. The summed E-state index contributed by atoms with van der Waals surface area (Å²) in [6.07, 6.45) is 1.74. The molecule has 0 saturated carbocycles. The Labute approximate surface area is 100 Å². The fourth-order valence-electron chi connectivity index (χ4n) is 1.37. The molecule has 0 radical (unpaired) electrons. The third kappa shape index (κ3) is 4.62. The average Bonchev–Trinajstić information content (AvgIpc) is 2.26. The van der Waals surface area contributed by atoms with Crippen LogP contribution in [0.25, 0.3) is 0 Å². The number of hydrogen-bond donors (Lipinski definition) is 1. The lowest BCUT2D eigenvalue weighted by atomic mass is 10.2. The maximum absolute atomic E-state index is 11.1. The van der Waals surface area contributed by atoms with Crippen molar-refractivity contribution in [1.29, 1.82) is 0 Å². The second-order valence-electron chi connectivity index (χ2n) is 4.00. The minimum Gasteiger partial charge on any atom is -0.381 e. The average molecular weight is 237 g/mol. The Morgan fingerprint density at radius 1 is 1.19 bits per heavy atom. The molecule has 0 aliphatic rings. The van der Waals surface area contributed by atoms with Crippen molar-refractivity contribution in [3.8, 4) is 0 Å². The summed E-state index contributed by atoms with van der Waals surface area (Å²) in [5.41, 5.74) is 3.59. The molecule has 0 aliphatic heterocycles. The van der Waals surface area contributed by atoms with Gasteiger partial charge in [-0.05, 0) is 26.0 Å². The summed E-state index contributed by atoms with van der Waals surface area (Å²) < 4.78 is 11.1. The molecule has 0 heterocycles. The molecule has 1 aromatic rings. The number of hydrogen-bond acceptors (Lipinski definition) is 2. The van der Waals surface area contributed by atoms with Crippen LogP contribution in [0.5, 0.6) is 0 Å². The van der Waals surface area contributed by atoms with Crippen molar-refractivity contribution in [1.82, 2.24) is 0 Å². The molecule has 0 spiro atoms. The molecule has 16 heavy (non-hydrogen) atoms. The standard InChI is InChI=1S/C13H19NOS/c1-11(12(2)10-16(3)15)9-14-13-7-5-4-6-8-13/h4-8,14H,9-10H2,1-3H3/b12-11-. The fraction of sp³-hybridized carbons (Fsp3) is 0.385. The molecule has 88 valence electrons. The van der Waals surface area contributed by atoms with E-state index in [1.54, 1.807) is 6.26 Å². The zero-order chi connectivity index (χ0) is 12.0. The van der Waals surface area contributed by atoms with Crippen molar-refractivity contribution in [3.05, 3.63) is 41.5 Å². The Hall–Kier alpha value is -1.09. The molecule has 1 aromatic carbocycles. The van der Waals surface area contributed by atoms with E-state index in [0.717, 1.165) is 12.2 Å². The first-order valence-corrected chi connectivity index (χ1v) is 7.06. The molecular formula is C13H19NOS.